The van der Waals surface area contributed by atoms with Gasteiger partial charge in [0.1, 0.15) is 0 Å². The predicted octanol–water partition coefficient (Wildman–Crippen LogP) is 5.48. The van der Waals surface area contributed by atoms with Crippen LogP contribution in [0, 0.1) is 0 Å². The minimum Gasteiger partial charge on any atom is -0.256 e. The van der Waals surface area contributed by atoms with Gasteiger partial charge in [-0.3, -0.25) is 9.97 Å². The fourth-order valence-corrected chi connectivity index (χ4v) is 3.87. The van der Waals surface area contributed by atoms with E-state index in [9.17, 15) is 0 Å². The molecule has 2 heteroatoms. The standard InChI is InChI=1S/C22H18N2/c1-13(2)14-6-7-16-12-24-22-17-8-9-23-20-5-3-4-15(21(17)20)11-19(22)18(16)10-14/h3-10,12-13H,11H2,1-2H3. The molecule has 0 unspecified atom stereocenters. The molecular weight excluding hydrogens is 292 g/mol. The van der Waals surface area contributed by atoms with Gasteiger partial charge in [0.05, 0.1) is 11.2 Å². The van der Waals surface area contributed by atoms with Crippen LogP contribution < -0.4 is 0 Å². The van der Waals surface area contributed by atoms with Crippen LogP contribution in [0.1, 0.15) is 36.5 Å². The molecule has 0 saturated heterocycles. The van der Waals surface area contributed by atoms with Gasteiger partial charge < -0.3 is 0 Å². The fraction of sp³-hybridized carbons (Fsp3) is 0.182. The summed E-state index contributed by atoms with van der Waals surface area (Å²) in [6.07, 6.45) is 4.84. The van der Waals surface area contributed by atoms with Gasteiger partial charge in [-0.15, -0.1) is 0 Å². The van der Waals surface area contributed by atoms with Crippen molar-refractivity contribution in [1.82, 2.24) is 9.97 Å². The summed E-state index contributed by atoms with van der Waals surface area (Å²) < 4.78 is 0. The van der Waals surface area contributed by atoms with E-state index < -0.39 is 0 Å². The lowest BCUT2D eigenvalue weighted by atomic mass is 9.85. The van der Waals surface area contributed by atoms with Crippen molar-refractivity contribution in [2.75, 3.05) is 0 Å². The highest BCUT2D eigenvalue weighted by molar-refractivity contribution is 6.02. The molecule has 1 aliphatic carbocycles. The van der Waals surface area contributed by atoms with Crippen molar-refractivity contribution >= 4 is 21.7 Å². The predicted molar refractivity (Wildman–Crippen MR) is 99.4 cm³/mol. The lowest BCUT2D eigenvalue weighted by Gasteiger charge is -2.21. The van der Waals surface area contributed by atoms with Gasteiger partial charge >= 0.3 is 0 Å². The van der Waals surface area contributed by atoms with Gasteiger partial charge in [-0.25, -0.2) is 0 Å². The fourth-order valence-electron chi connectivity index (χ4n) is 3.87. The Labute approximate surface area is 141 Å². The van der Waals surface area contributed by atoms with E-state index >= 15 is 0 Å². The molecule has 2 aromatic heterocycles. The zero-order valence-electron chi connectivity index (χ0n) is 13.9. The summed E-state index contributed by atoms with van der Waals surface area (Å²) in [7, 11) is 0. The average Bonchev–Trinajstić information content (AvgIpc) is 2.61. The van der Waals surface area contributed by atoms with E-state index in [1.54, 1.807) is 0 Å². The Morgan fingerprint density at radius 3 is 2.79 bits per heavy atom. The number of fused-ring (bicyclic) bond motifs is 4. The summed E-state index contributed by atoms with van der Waals surface area (Å²) in [4.78, 5) is 9.35. The van der Waals surface area contributed by atoms with E-state index in [0.717, 1.165) is 17.6 Å². The first-order chi connectivity index (χ1) is 11.7. The van der Waals surface area contributed by atoms with E-state index in [-0.39, 0.29) is 0 Å². The van der Waals surface area contributed by atoms with E-state index in [1.165, 1.54) is 38.4 Å². The van der Waals surface area contributed by atoms with Crippen LogP contribution in [0.4, 0.5) is 0 Å². The van der Waals surface area contributed by atoms with Crippen LogP contribution in [-0.4, -0.2) is 9.97 Å². The summed E-state index contributed by atoms with van der Waals surface area (Å²) >= 11 is 0. The number of hydrogen-bond donors (Lipinski definition) is 0. The van der Waals surface area contributed by atoms with E-state index in [0.29, 0.717) is 5.92 Å². The van der Waals surface area contributed by atoms with Gasteiger partial charge in [0.2, 0.25) is 0 Å². The zero-order chi connectivity index (χ0) is 16.3. The molecular formula is C22H18N2. The van der Waals surface area contributed by atoms with E-state index in [2.05, 4.69) is 61.3 Å². The number of benzene rings is 2. The minimum atomic E-state index is 0.529. The van der Waals surface area contributed by atoms with E-state index in [1.807, 2.05) is 12.4 Å². The first kappa shape index (κ1) is 13.7. The van der Waals surface area contributed by atoms with Crippen molar-refractivity contribution in [2.45, 2.75) is 26.2 Å². The Hall–Kier alpha value is -2.74. The Balaban J connectivity index is 1.89. The average molecular weight is 310 g/mol. The monoisotopic (exact) mass is 310 g/mol. The molecule has 0 bridgehead atoms. The molecule has 0 atom stereocenters. The maximum Gasteiger partial charge on any atom is 0.0751 e. The molecule has 2 heterocycles. The van der Waals surface area contributed by atoms with Crippen LogP contribution >= 0.6 is 0 Å². The summed E-state index contributed by atoms with van der Waals surface area (Å²) in [5.41, 5.74) is 7.49. The van der Waals surface area contributed by atoms with Gasteiger partial charge in [-0.1, -0.05) is 44.2 Å². The number of nitrogens with zero attached hydrogens (tertiary/aromatic N) is 2. The third-order valence-electron chi connectivity index (χ3n) is 5.16. The van der Waals surface area contributed by atoms with Crippen LogP contribution in [0.5, 0.6) is 0 Å². The second kappa shape index (κ2) is 4.88. The Kier molecular flexibility index (Phi) is 2.78. The molecule has 24 heavy (non-hydrogen) atoms. The zero-order valence-corrected chi connectivity index (χ0v) is 13.9. The number of pyridine rings is 2. The molecule has 2 nitrogen and oxygen atoms in total. The largest absolute Gasteiger partial charge is 0.256 e. The Morgan fingerprint density at radius 1 is 1.00 bits per heavy atom. The van der Waals surface area contributed by atoms with E-state index in [4.69, 9.17) is 4.98 Å². The molecule has 0 fully saturated rings. The quantitative estimate of drug-likeness (QED) is 0.410. The molecule has 0 N–H and O–H groups in total. The maximum absolute atomic E-state index is 4.82. The van der Waals surface area contributed by atoms with Gasteiger partial charge in [0, 0.05) is 35.2 Å². The van der Waals surface area contributed by atoms with Crippen LogP contribution in [-0.2, 0) is 6.42 Å². The number of aromatic nitrogens is 2. The molecule has 116 valence electrons. The van der Waals surface area contributed by atoms with Crippen LogP contribution in [0.3, 0.4) is 0 Å². The summed E-state index contributed by atoms with van der Waals surface area (Å²) in [5, 5.41) is 3.83. The Bertz CT molecular complexity index is 1100. The molecule has 0 aliphatic heterocycles. The van der Waals surface area contributed by atoms with Gasteiger partial charge in [-0.05, 0) is 40.1 Å². The van der Waals surface area contributed by atoms with Crippen molar-refractivity contribution in [3.8, 4) is 11.3 Å². The highest BCUT2D eigenvalue weighted by Gasteiger charge is 2.21. The molecule has 2 aromatic carbocycles. The summed E-state index contributed by atoms with van der Waals surface area (Å²) in [6.45, 7) is 4.49. The maximum atomic E-state index is 4.82. The van der Waals surface area contributed by atoms with Gasteiger partial charge in [-0.2, -0.15) is 0 Å². The Morgan fingerprint density at radius 2 is 1.92 bits per heavy atom. The highest BCUT2D eigenvalue weighted by atomic mass is 14.7. The minimum absolute atomic E-state index is 0.529. The highest BCUT2D eigenvalue weighted by Crippen LogP contribution is 2.40. The van der Waals surface area contributed by atoms with Crippen LogP contribution in [0.25, 0.3) is 32.9 Å². The van der Waals surface area contributed by atoms with Crippen LogP contribution in [0.2, 0.25) is 0 Å². The van der Waals surface area contributed by atoms with Crippen LogP contribution in [0.15, 0.2) is 54.9 Å². The van der Waals surface area contributed by atoms with Crippen molar-refractivity contribution in [3.63, 3.8) is 0 Å². The lowest BCUT2D eigenvalue weighted by molar-refractivity contribution is 0.868. The van der Waals surface area contributed by atoms with Crippen molar-refractivity contribution in [3.05, 3.63) is 71.5 Å². The van der Waals surface area contributed by atoms with Gasteiger partial charge in [0.25, 0.3) is 0 Å². The number of rotatable bonds is 1. The molecule has 4 aromatic rings. The summed E-state index contributed by atoms with van der Waals surface area (Å²) in [6, 6.07) is 15.3. The molecule has 0 spiro atoms. The molecule has 1 aliphatic rings. The molecule has 0 amide bonds. The molecule has 0 radical (unpaired) electrons. The topological polar surface area (TPSA) is 25.8 Å². The lowest BCUT2D eigenvalue weighted by Crippen LogP contribution is -2.05. The SMILES string of the molecule is CC(C)c1ccc2cnc3c(c2c1)Cc1cccc2nccc-3c12. The first-order valence-corrected chi connectivity index (χ1v) is 8.51. The molecule has 0 saturated carbocycles. The second-order valence-electron chi connectivity index (χ2n) is 6.93. The third-order valence-corrected chi connectivity index (χ3v) is 5.16. The second-order valence-corrected chi connectivity index (χ2v) is 6.93. The normalized spacial score (nSPS) is 12.8. The van der Waals surface area contributed by atoms with Crippen molar-refractivity contribution < 1.29 is 0 Å². The molecule has 5 rings (SSSR count). The smallest absolute Gasteiger partial charge is 0.0751 e. The van der Waals surface area contributed by atoms with Crippen molar-refractivity contribution in [1.29, 1.82) is 0 Å². The summed E-state index contributed by atoms with van der Waals surface area (Å²) in [5.74, 6) is 0.529. The van der Waals surface area contributed by atoms with Crippen molar-refractivity contribution in [2.24, 2.45) is 0 Å². The number of hydrogen-bond acceptors (Lipinski definition) is 2. The van der Waals surface area contributed by atoms with Gasteiger partial charge in [0.15, 0.2) is 0 Å². The third kappa shape index (κ3) is 1.83. The first-order valence-electron chi connectivity index (χ1n) is 8.51.